The summed E-state index contributed by atoms with van der Waals surface area (Å²) in [5.41, 5.74) is 21.6. The number of rotatable bonds is 12. The average molecular weight is 1140 g/mol. The Morgan fingerprint density at radius 2 is 1.72 bits per heavy atom. The third-order valence-electron chi connectivity index (χ3n) is 20.3. The van der Waals surface area contributed by atoms with E-state index in [9.17, 15) is 28.3 Å². The van der Waals surface area contributed by atoms with Crippen LogP contribution in [0.4, 0.5) is 0 Å². The Bertz CT molecular complexity index is 3410. The van der Waals surface area contributed by atoms with Crippen molar-refractivity contribution in [2.75, 3.05) is 26.2 Å². The second-order valence-electron chi connectivity index (χ2n) is 25.6. The maximum atomic E-state index is 14.5. The number of benzene rings is 5. The Kier molecular flexibility index (Phi) is 16.5. The summed E-state index contributed by atoms with van der Waals surface area (Å²) in [6.45, 7) is 6.94. The highest BCUT2D eigenvalue weighted by atomic mass is 32.2. The van der Waals surface area contributed by atoms with Crippen LogP contribution in [0.5, 0.6) is 11.5 Å². The highest BCUT2D eigenvalue weighted by molar-refractivity contribution is 7.86. The SMILES string of the molecule is CCNCC1NCCc2ccc(C3CCCC(O)(C(Cc4ccccc4)CC4(N=C(N)N)Oc5ccc6c(c5)CCC(C)C6CC(S(=O)(=O)O)C5C=C6CC(CC7CC(CO)CC#Cc8cc(O)ccc8C6O7)C5c5ccc4cc5)C3)cc21. The summed E-state index contributed by atoms with van der Waals surface area (Å²) in [6.07, 6.45) is 9.70. The predicted molar refractivity (Wildman–Crippen MR) is 324 cm³/mol. The molecule has 438 valence electrons. The molecule has 83 heavy (non-hydrogen) atoms. The molecule has 1 saturated heterocycles. The molecule has 13 nitrogen and oxygen atoms in total. The molecule has 14 heteroatoms. The molecule has 1 saturated carbocycles. The van der Waals surface area contributed by atoms with Crippen LogP contribution in [0.15, 0.2) is 126 Å². The predicted octanol–water partition coefficient (Wildman–Crippen LogP) is 10.3. The molecule has 9 aliphatic rings. The van der Waals surface area contributed by atoms with Crippen LogP contribution in [-0.4, -0.2) is 77.4 Å². The molecule has 14 rings (SSSR count). The zero-order valence-electron chi connectivity index (χ0n) is 48.1. The third kappa shape index (κ3) is 11.9. The minimum atomic E-state index is -4.70. The van der Waals surface area contributed by atoms with E-state index in [0.717, 1.165) is 85.1 Å². The summed E-state index contributed by atoms with van der Waals surface area (Å²) in [7, 11) is -4.70. The lowest BCUT2D eigenvalue weighted by Gasteiger charge is -2.46. The number of nitrogens with two attached hydrogens (primary N) is 2. The molecule has 0 amide bonds. The van der Waals surface area contributed by atoms with Gasteiger partial charge >= 0.3 is 0 Å². The summed E-state index contributed by atoms with van der Waals surface area (Å²) < 4.78 is 55.5. The van der Waals surface area contributed by atoms with Crippen molar-refractivity contribution in [2.45, 2.75) is 156 Å². The second-order valence-corrected chi connectivity index (χ2v) is 27.2. The average Bonchev–Trinajstić information content (AvgIpc) is 2.84. The quantitative estimate of drug-likeness (QED) is 0.0192. The van der Waals surface area contributed by atoms with Gasteiger partial charge in [-0.05, 0) is 200 Å². The maximum Gasteiger partial charge on any atom is 0.268 e. The summed E-state index contributed by atoms with van der Waals surface area (Å²) in [6, 6.07) is 37.0. The van der Waals surface area contributed by atoms with Crippen molar-refractivity contribution in [3.63, 3.8) is 0 Å². The number of fused-ring (bicyclic) bond motifs is 9. The van der Waals surface area contributed by atoms with Gasteiger partial charge in [-0.1, -0.05) is 117 Å². The van der Waals surface area contributed by atoms with Gasteiger partial charge in [0.15, 0.2) is 5.96 Å². The van der Waals surface area contributed by atoms with Crippen LogP contribution in [0.3, 0.4) is 0 Å². The summed E-state index contributed by atoms with van der Waals surface area (Å²) in [4.78, 5) is 5.20. The number of hydrogen-bond acceptors (Lipinski definition) is 10. The van der Waals surface area contributed by atoms with E-state index in [-0.39, 0.29) is 72.9 Å². The second kappa shape index (κ2) is 23.8. The van der Waals surface area contributed by atoms with Crippen LogP contribution >= 0.6 is 0 Å². The fourth-order valence-corrected chi connectivity index (χ4v) is 17.3. The summed E-state index contributed by atoms with van der Waals surface area (Å²) >= 11 is 0. The molecule has 3 aliphatic carbocycles. The lowest BCUT2D eigenvalue weighted by molar-refractivity contribution is -0.0834. The molecular formula is C69H83N5O8S. The van der Waals surface area contributed by atoms with Crippen molar-refractivity contribution in [1.82, 2.24) is 10.6 Å². The van der Waals surface area contributed by atoms with E-state index in [4.69, 9.17) is 25.9 Å². The zero-order valence-corrected chi connectivity index (χ0v) is 48.9. The Labute approximate surface area is 490 Å². The number of phenolic OH excluding ortho intramolecular Hbond substituents is 1. The fraction of sp³-hybridized carbons (Fsp3) is 0.493. The van der Waals surface area contributed by atoms with Crippen LogP contribution in [0.25, 0.3) is 0 Å². The molecule has 10 N–H and O–H groups in total. The number of nitrogens with one attached hydrogen (secondary N) is 2. The molecule has 6 heterocycles. The molecular weight excluding hydrogens is 1060 g/mol. The Balaban J connectivity index is 1.00. The number of ether oxygens (including phenoxy) is 2. The molecule has 0 spiro atoms. The lowest BCUT2D eigenvalue weighted by atomic mass is 9.64. The highest BCUT2D eigenvalue weighted by Gasteiger charge is 2.51. The van der Waals surface area contributed by atoms with Gasteiger partial charge in [-0.25, -0.2) is 4.99 Å². The molecule has 5 aromatic carbocycles. The first-order valence-corrected chi connectivity index (χ1v) is 32.2. The van der Waals surface area contributed by atoms with E-state index in [1.807, 2.05) is 42.5 Å². The summed E-state index contributed by atoms with van der Waals surface area (Å²) in [5.74, 6) is 5.22. The molecule has 6 aliphatic heterocycles. The number of aliphatic hydroxyl groups excluding tert-OH is 1. The number of aromatic hydroxyl groups is 1. The minimum Gasteiger partial charge on any atom is -0.508 e. The number of guanidine groups is 1. The van der Waals surface area contributed by atoms with E-state index in [2.05, 4.69) is 97.0 Å². The number of aliphatic hydroxyl groups is 2. The van der Waals surface area contributed by atoms with Crippen molar-refractivity contribution in [2.24, 2.45) is 46.0 Å². The van der Waals surface area contributed by atoms with E-state index in [1.165, 1.54) is 16.7 Å². The topological polar surface area (TPSA) is 222 Å². The van der Waals surface area contributed by atoms with Crippen molar-refractivity contribution < 1.29 is 37.8 Å². The van der Waals surface area contributed by atoms with Crippen LogP contribution in [0, 0.1) is 41.4 Å². The van der Waals surface area contributed by atoms with Crippen molar-refractivity contribution >= 4 is 16.1 Å². The number of phenols is 1. The molecule has 5 aromatic rings. The number of allylic oxidation sites excluding steroid dienone is 1. The zero-order chi connectivity index (χ0) is 57.6. The van der Waals surface area contributed by atoms with Crippen LogP contribution in [0.1, 0.15) is 170 Å². The van der Waals surface area contributed by atoms with Gasteiger partial charge in [-0.15, -0.1) is 0 Å². The van der Waals surface area contributed by atoms with Gasteiger partial charge < -0.3 is 46.9 Å². The molecule has 0 radical (unpaired) electrons. The van der Waals surface area contributed by atoms with E-state index < -0.39 is 50.6 Å². The number of hydrogen-bond donors (Lipinski definition) is 8. The van der Waals surface area contributed by atoms with Gasteiger partial charge in [-0.3, -0.25) is 4.55 Å². The smallest absolute Gasteiger partial charge is 0.268 e. The lowest BCUT2D eigenvalue weighted by Crippen LogP contribution is -2.48. The summed E-state index contributed by atoms with van der Waals surface area (Å²) in [5, 5.41) is 41.3. The van der Waals surface area contributed by atoms with Gasteiger partial charge in [0.05, 0.1) is 17.0 Å². The van der Waals surface area contributed by atoms with E-state index >= 15 is 0 Å². The molecule has 2 fully saturated rings. The fourth-order valence-electron chi connectivity index (χ4n) is 16.2. The Morgan fingerprint density at radius 3 is 2.51 bits per heavy atom. The van der Waals surface area contributed by atoms with Crippen LogP contribution in [0.2, 0.25) is 0 Å². The highest BCUT2D eigenvalue weighted by Crippen LogP contribution is 2.56. The van der Waals surface area contributed by atoms with Gasteiger partial charge in [0, 0.05) is 54.6 Å². The first kappa shape index (κ1) is 57.4. The van der Waals surface area contributed by atoms with Crippen molar-refractivity contribution in [1.29, 1.82) is 0 Å². The number of likely N-dealkylation sites (N-methyl/N-ethyl adjacent to an activating group) is 1. The molecule has 14 unspecified atom stereocenters. The molecule has 10 bridgehead atoms. The van der Waals surface area contributed by atoms with Crippen molar-refractivity contribution in [3.8, 4) is 23.3 Å². The first-order chi connectivity index (χ1) is 40.1. The maximum absolute atomic E-state index is 14.5. The largest absolute Gasteiger partial charge is 0.508 e. The number of nitrogens with zero attached hydrogens (tertiary/aromatic N) is 1. The Morgan fingerprint density at radius 1 is 0.916 bits per heavy atom. The van der Waals surface area contributed by atoms with Gasteiger partial charge in [-0.2, -0.15) is 8.42 Å². The monoisotopic (exact) mass is 1140 g/mol. The van der Waals surface area contributed by atoms with Gasteiger partial charge in [0.25, 0.3) is 10.1 Å². The number of aryl methyl sites for hydroxylation is 1. The minimum absolute atomic E-state index is 0.0751. The van der Waals surface area contributed by atoms with E-state index in [1.54, 1.807) is 12.1 Å². The molecule has 0 aromatic heterocycles. The number of aliphatic imine (C=N–C) groups is 1. The molecule has 14 atom stereocenters. The van der Waals surface area contributed by atoms with Gasteiger partial charge in [0.1, 0.15) is 17.6 Å². The first-order valence-electron chi connectivity index (χ1n) is 30.7. The Hall–Kier alpha value is -6.02. The van der Waals surface area contributed by atoms with Gasteiger partial charge in [0.2, 0.25) is 5.72 Å². The van der Waals surface area contributed by atoms with Crippen LogP contribution in [-0.2, 0) is 39.8 Å². The van der Waals surface area contributed by atoms with Crippen molar-refractivity contribution in [3.05, 3.63) is 176 Å². The standard InChI is InChI=1S/C69H83N5O8S/c1-3-72-40-63-61-35-47(17-16-45(61)26-28-73-63)50-13-8-27-68(77,38-50)54(29-43-9-5-4-6-10-43)39-69(74-67(70)71)53-20-18-46(19-21-53)65-51-31-52(66-59-24-22-55(76)32-48(59)12-7-11-44(41-75)30-57(34-51)81-66)36-62(65)64(83(78,79)80)37-60-42(2)14-15-49-33-56(82-69)23-25-58(49)60/h4-6,9-10,16-25,32-33,35-36,42,44,50-51,54,57,60,62-66,72-73,75-77H,3,8,11,13-15,26-31,34,37-41H2,1-2H3,(H4,70,71,74)(H,78,79,80). The normalized spacial score (nSPS) is 31.3. The van der Waals surface area contributed by atoms with E-state index in [0.29, 0.717) is 61.8 Å². The van der Waals surface area contributed by atoms with Crippen LogP contribution < -0.4 is 26.8 Å². The third-order valence-corrected chi connectivity index (χ3v) is 21.6.